The van der Waals surface area contributed by atoms with Crippen molar-refractivity contribution in [1.82, 2.24) is 0 Å². The molecule has 0 aromatic rings. The Labute approximate surface area is 115 Å². The van der Waals surface area contributed by atoms with Crippen molar-refractivity contribution in [1.29, 1.82) is 0 Å². The van der Waals surface area contributed by atoms with E-state index in [1.807, 2.05) is 6.08 Å². The molecule has 1 aliphatic rings. The standard InChI is InChI=1S/C14H20O2SSi/c1-18(2,3)11-5-4-9-16-14(15)7-6-13-8-10-17-12-13/h6-7,12H,4,8-10H2,1-3H3/b7-6+. The highest BCUT2D eigenvalue weighted by atomic mass is 32.2. The van der Waals surface area contributed by atoms with Gasteiger partial charge in [0.1, 0.15) is 14.7 Å². The van der Waals surface area contributed by atoms with Crippen molar-refractivity contribution in [3.05, 3.63) is 23.1 Å². The second-order valence-corrected chi connectivity index (χ2v) is 10.8. The number of carbonyl (C=O) groups excluding carboxylic acids is 1. The van der Waals surface area contributed by atoms with Crippen LogP contribution in [-0.4, -0.2) is 26.4 Å². The lowest BCUT2D eigenvalue weighted by atomic mass is 10.2. The van der Waals surface area contributed by atoms with Crippen LogP contribution >= 0.6 is 11.8 Å². The summed E-state index contributed by atoms with van der Waals surface area (Å²) in [6.45, 7) is 6.97. The van der Waals surface area contributed by atoms with E-state index in [0.29, 0.717) is 13.0 Å². The van der Waals surface area contributed by atoms with Gasteiger partial charge in [-0.25, -0.2) is 4.79 Å². The number of ether oxygens (including phenoxy) is 1. The minimum atomic E-state index is -1.29. The van der Waals surface area contributed by atoms with Gasteiger partial charge in [0.05, 0.1) is 0 Å². The van der Waals surface area contributed by atoms with Gasteiger partial charge in [-0.2, -0.15) is 0 Å². The average Bonchev–Trinajstić information content (AvgIpc) is 2.77. The molecule has 0 aromatic heterocycles. The maximum atomic E-state index is 11.4. The molecular formula is C14H20O2SSi. The molecule has 18 heavy (non-hydrogen) atoms. The first-order valence-corrected chi connectivity index (χ1v) is 10.7. The molecule has 1 heterocycles. The van der Waals surface area contributed by atoms with Crippen molar-refractivity contribution in [2.45, 2.75) is 32.5 Å². The summed E-state index contributed by atoms with van der Waals surface area (Å²) in [5.74, 6) is 3.91. The average molecular weight is 280 g/mol. The highest BCUT2D eigenvalue weighted by molar-refractivity contribution is 8.02. The van der Waals surface area contributed by atoms with Crippen LogP contribution in [0.5, 0.6) is 0 Å². The predicted molar refractivity (Wildman–Crippen MR) is 81.0 cm³/mol. The maximum absolute atomic E-state index is 11.4. The summed E-state index contributed by atoms with van der Waals surface area (Å²) >= 11 is 1.78. The molecule has 1 aliphatic heterocycles. The molecule has 0 bridgehead atoms. The largest absolute Gasteiger partial charge is 0.462 e. The number of rotatable bonds is 4. The van der Waals surface area contributed by atoms with Crippen molar-refractivity contribution in [2.75, 3.05) is 12.4 Å². The number of hydrogen-bond donors (Lipinski definition) is 0. The van der Waals surface area contributed by atoms with Gasteiger partial charge in [-0.3, -0.25) is 0 Å². The van der Waals surface area contributed by atoms with Crippen LogP contribution in [0.25, 0.3) is 0 Å². The quantitative estimate of drug-likeness (QED) is 0.260. The van der Waals surface area contributed by atoms with Crippen LogP contribution in [-0.2, 0) is 9.53 Å². The summed E-state index contributed by atoms with van der Waals surface area (Å²) < 4.78 is 5.07. The Bertz CT molecular complexity index is 408. The minimum absolute atomic E-state index is 0.275. The van der Waals surface area contributed by atoms with E-state index in [1.54, 1.807) is 11.8 Å². The maximum Gasteiger partial charge on any atom is 0.330 e. The van der Waals surface area contributed by atoms with Gasteiger partial charge in [0, 0.05) is 18.2 Å². The lowest BCUT2D eigenvalue weighted by Crippen LogP contribution is -2.16. The number of esters is 1. The lowest BCUT2D eigenvalue weighted by Gasteiger charge is -2.03. The van der Waals surface area contributed by atoms with E-state index in [4.69, 9.17) is 4.74 Å². The van der Waals surface area contributed by atoms with E-state index in [2.05, 4.69) is 36.5 Å². The fraction of sp³-hybridized carbons (Fsp3) is 0.500. The van der Waals surface area contributed by atoms with Gasteiger partial charge in [0.15, 0.2) is 0 Å². The van der Waals surface area contributed by atoms with Gasteiger partial charge >= 0.3 is 5.97 Å². The zero-order chi connectivity index (χ0) is 13.4. The highest BCUT2D eigenvalue weighted by Gasteiger charge is 2.07. The summed E-state index contributed by atoms with van der Waals surface area (Å²) in [7, 11) is -1.29. The van der Waals surface area contributed by atoms with Gasteiger partial charge in [-0.05, 0) is 17.4 Å². The molecule has 0 saturated heterocycles. The van der Waals surface area contributed by atoms with Gasteiger partial charge in [0.2, 0.25) is 0 Å². The van der Waals surface area contributed by atoms with E-state index >= 15 is 0 Å². The Morgan fingerprint density at radius 2 is 2.33 bits per heavy atom. The molecular weight excluding hydrogens is 260 g/mol. The van der Waals surface area contributed by atoms with Gasteiger partial charge in [-0.15, -0.1) is 23.2 Å². The van der Waals surface area contributed by atoms with Gasteiger partial charge in [0.25, 0.3) is 0 Å². The summed E-state index contributed by atoms with van der Waals surface area (Å²) in [5.41, 5.74) is 4.44. The predicted octanol–water partition coefficient (Wildman–Crippen LogP) is 3.38. The molecule has 0 amide bonds. The molecule has 0 unspecified atom stereocenters. The molecule has 0 saturated carbocycles. The van der Waals surface area contributed by atoms with Crippen molar-refractivity contribution >= 4 is 25.8 Å². The third-order valence-electron chi connectivity index (χ3n) is 2.11. The van der Waals surface area contributed by atoms with Crippen LogP contribution in [0.3, 0.4) is 0 Å². The molecule has 98 valence electrons. The molecule has 0 fully saturated rings. The number of thioether (sulfide) groups is 1. The number of hydrogen-bond acceptors (Lipinski definition) is 3. The van der Waals surface area contributed by atoms with Crippen LogP contribution in [0.15, 0.2) is 23.1 Å². The smallest absolute Gasteiger partial charge is 0.330 e. The molecule has 2 nitrogen and oxygen atoms in total. The number of allylic oxidation sites excluding steroid dienone is 2. The minimum Gasteiger partial charge on any atom is -0.462 e. The van der Waals surface area contributed by atoms with Gasteiger partial charge in [-0.1, -0.05) is 25.7 Å². The summed E-state index contributed by atoms with van der Waals surface area (Å²) in [6, 6.07) is 0. The Hall–Kier alpha value is -0.923. The molecule has 0 spiro atoms. The molecule has 0 atom stereocenters. The third kappa shape index (κ3) is 7.41. The van der Waals surface area contributed by atoms with Crippen LogP contribution in [0.1, 0.15) is 12.8 Å². The Kier molecular flexibility index (Phi) is 6.30. The van der Waals surface area contributed by atoms with Crippen molar-refractivity contribution in [2.24, 2.45) is 0 Å². The second-order valence-electron chi connectivity index (χ2n) is 5.12. The monoisotopic (exact) mass is 280 g/mol. The van der Waals surface area contributed by atoms with E-state index in [0.717, 1.165) is 12.2 Å². The molecule has 0 radical (unpaired) electrons. The molecule has 1 rings (SSSR count). The Balaban J connectivity index is 2.19. The SMILES string of the molecule is C[Si](C)(C)C#CCCOC(=O)/C=C/C1=CSCC1. The first-order valence-electron chi connectivity index (χ1n) is 6.13. The third-order valence-corrected chi connectivity index (χ3v) is 3.95. The summed E-state index contributed by atoms with van der Waals surface area (Å²) in [4.78, 5) is 11.4. The van der Waals surface area contributed by atoms with E-state index in [1.165, 1.54) is 11.6 Å². The molecule has 0 N–H and O–H groups in total. The zero-order valence-electron chi connectivity index (χ0n) is 11.3. The van der Waals surface area contributed by atoms with E-state index in [9.17, 15) is 4.79 Å². The number of carbonyl (C=O) groups is 1. The van der Waals surface area contributed by atoms with Crippen LogP contribution < -0.4 is 0 Å². The van der Waals surface area contributed by atoms with E-state index < -0.39 is 8.07 Å². The first-order chi connectivity index (χ1) is 8.47. The van der Waals surface area contributed by atoms with Crippen LogP contribution in [0.2, 0.25) is 19.6 Å². The van der Waals surface area contributed by atoms with Crippen LogP contribution in [0.4, 0.5) is 0 Å². The molecule has 4 heteroatoms. The van der Waals surface area contributed by atoms with Crippen molar-refractivity contribution in [3.63, 3.8) is 0 Å². The summed E-state index contributed by atoms with van der Waals surface area (Å²) in [6.07, 6.45) is 5.01. The fourth-order valence-corrected chi connectivity index (χ4v) is 2.82. The normalized spacial score (nSPS) is 15.2. The van der Waals surface area contributed by atoms with Crippen LogP contribution in [0, 0.1) is 11.5 Å². The molecule has 0 aromatic carbocycles. The zero-order valence-corrected chi connectivity index (χ0v) is 13.1. The molecule has 0 aliphatic carbocycles. The lowest BCUT2D eigenvalue weighted by molar-refractivity contribution is -0.137. The Morgan fingerprint density at radius 1 is 1.56 bits per heavy atom. The highest BCUT2D eigenvalue weighted by Crippen LogP contribution is 2.22. The Morgan fingerprint density at radius 3 is 2.94 bits per heavy atom. The first kappa shape index (κ1) is 15.1. The van der Waals surface area contributed by atoms with Gasteiger partial charge < -0.3 is 4.74 Å². The van der Waals surface area contributed by atoms with Crippen molar-refractivity contribution in [3.8, 4) is 11.5 Å². The topological polar surface area (TPSA) is 26.3 Å². The summed E-state index contributed by atoms with van der Waals surface area (Å²) in [5, 5.41) is 2.09. The van der Waals surface area contributed by atoms with Crippen molar-refractivity contribution < 1.29 is 9.53 Å². The second kappa shape index (κ2) is 7.50. The fourth-order valence-electron chi connectivity index (χ4n) is 1.28. The van der Waals surface area contributed by atoms with E-state index in [-0.39, 0.29) is 5.97 Å².